The number of terminal acetylenes is 1. The van der Waals surface area contributed by atoms with Crippen molar-refractivity contribution >= 4 is 40.9 Å². The van der Waals surface area contributed by atoms with E-state index in [2.05, 4.69) is 11.2 Å². The highest BCUT2D eigenvalue weighted by Gasteiger charge is 2.29. The highest BCUT2D eigenvalue weighted by atomic mass is 35.5. The van der Waals surface area contributed by atoms with E-state index in [1.165, 1.54) is 12.0 Å². The molecule has 0 radical (unpaired) electrons. The van der Waals surface area contributed by atoms with Gasteiger partial charge in [0.05, 0.1) is 12.1 Å². The Kier molecular flexibility index (Phi) is 6.07. The Morgan fingerprint density at radius 2 is 2.25 bits per heavy atom. The minimum Gasteiger partial charge on any atom is -0.493 e. The van der Waals surface area contributed by atoms with E-state index in [1.54, 1.807) is 18.2 Å². The van der Waals surface area contributed by atoms with Crippen molar-refractivity contribution in [3.8, 4) is 23.8 Å². The Morgan fingerprint density at radius 1 is 1.50 bits per heavy atom. The molecule has 0 bridgehead atoms. The van der Waals surface area contributed by atoms with Gasteiger partial charge in [0, 0.05) is 6.54 Å². The molecule has 1 heterocycles. The van der Waals surface area contributed by atoms with E-state index in [4.69, 9.17) is 39.7 Å². The first-order valence-electron chi connectivity index (χ1n) is 7.30. The Labute approximate surface area is 151 Å². The summed E-state index contributed by atoms with van der Waals surface area (Å²) in [5.74, 6) is 3.01. The van der Waals surface area contributed by atoms with Crippen LogP contribution in [0, 0.1) is 12.3 Å². The van der Waals surface area contributed by atoms with Crippen LogP contribution in [0.1, 0.15) is 18.9 Å². The molecule has 2 rings (SSSR count). The average molecular weight is 365 g/mol. The number of nitrogens with zero attached hydrogens (tertiary/aromatic N) is 1. The lowest BCUT2D eigenvalue weighted by Crippen LogP contribution is -2.31. The van der Waals surface area contributed by atoms with Crippen LogP contribution in [0.2, 0.25) is 5.02 Å². The first-order chi connectivity index (χ1) is 11.5. The lowest BCUT2D eigenvalue weighted by Gasteiger charge is -2.12. The van der Waals surface area contributed by atoms with E-state index in [-0.39, 0.29) is 12.5 Å². The summed E-state index contributed by atoms with van der Waals surface area (Å²) in [5, 5.41) is 3.67. The molecule has 24 heavy (non-hydrogen) atoms. The zero-order chi connectivity index (χ0) is 17.7. The van der Waals surface area contributed by atoms with Crippen LogP contribution in [0.5, 0.6) is 11.5 Å². The van der Waals surface area contributed by atoms with Crippen molar-refractivity contribution in [2.24, 2.45) is 0 Å². The molecule has 1 aliphatic heterocycles. The van der Waals surface area contributed by atoms with Crippen LogP contribution in [0.4, 0.5) is 0 Å². The Bertz CT molecular complexity index is 740. The molecule has 1 aliphatic rings. The fourth-order valence-corrected chi connectivity index (χ4v) is 2.80. The molecule has 0 aliphatic carbocycles. The van der Waals surface area contributed by atoms with Crippen molar-refractivity contribution in [3.05, 3.63) is 28.4 Å². The second-order valence-electron chi connectivity index (χ2n) is 4.97. The summed E-state index contributed by atoms with van der Waals surface area (Å²) in [6, 6.07) is 3.38. The number of thiocarbonyl (C=S) groups is 1. The molecule has 0 atom stereocenters. The molecule has 1 N–H and O–H groups in total. The standard InChI is InChI=1S/C17H17ClN2O3S/c1-4-6-20-16(21)13(19-17(20)24)9-11-8-12(18)15(23-7-5-2)14(10-11)22-3/h2,8-10H,4,6-7H2,1,3H3,(H,19,24)/b13-9-. The van der Waals surface area contributed by atoms with Gasteiger partial charge in [-0.2, -0.15) is 0 Å². The fraction of sp³-hybridized carbons (Fsp3) is 0.294. The molecule has 126 valence electrons. The van der Waals surface area contributed by atoms with Gasteiger partial charge in [-0.15, -0.1) is 6.42 Å². The van der Waals surface area contributed by atoms with Crippen LogP contribution in [-0.2, 0) is 4.79 Å². The molecule has 1 fully saturated rings. The SMILES string of the molecule is C#CCOc1c(Cl)cc(/C=C2\NC(=S)N(CCC)C2=O)cc1OC. The summed E-state index contributed by atoms with van der Waals surface area (Å²) in [4.78, 5) is 13.9. The number of hydrogen-bond acceptors (Lipinski definition) is 4. The largest absolute Gasteiger partial charge is 0.493 e. The Hall–Kier alpha value is -2.23. The zero-order valence-corrected chi connectivity index (χ0v) is 15.0. The highest BCUT2D eigenvalue weighted by molar-refractivity contribution is 7.80. The number of halogens is 1. The number of benzene rings is 1. The van der Waals surface area contributed by atoms with E-state index >= 15 is 0 Å². The molecule has 0 unspecified atom stereocenters. The maximum Gasteiger partial charge on any atom is 0.276 e. The molecule has 0 spiro atoms. The van der Waals surface area contributed by atoms with Crippen molar-refractivity contribution in [2.75, 3.05) is 20.3 Å². The molecule has 1 saturated heterocycles. The smallest absolute Gasteiger partial charge is 0.276 e. The molecule has 0 saturated carbocycles. The summed E-state index contributed by atoms with van der Waals surface area (Å²) >= 11 is 11.4. The summed E-state index contributed by atoms with van der Waals surface area (Å²) in [7, 11) is 1.50. The normalized spacial score (nSPS) is 15.4. The van der Waals surface area contributed by atoms with E-state index < -0.39 is 0 Å². The van der Waals surface area contributed by atoms with Crippen LogP contribution < -0.4 is 14.8 Å². The number of nitrogens with one attached hydrogen (secondary N) is 1. The van der Waals surface area contributed by atoms with Crippen molar-refractivity contribution in [3.63, 3.8) is 0 Å². The summed E-state index contributed by atoms with van der Waals surface area (Å²) in [6.07, 6.45) is 7.68. The first kappa shape index (κ1) is 18.1. The summed E-state index contributed by atoms with van der Waals surface area (Å²) in [5.41, 5.74) is 1.07. The van der Waals surface area contributed by atoms with Crippen molar-refractivity contribution in [1.29, 1.82) is 0 Å². The van der Waals surface area contributed by atoms with E-state index in [1.807, 2.05) is 6.92 Å². The van der Waals surface area contributed by atoms with Crippen LogP contribution in [0.25, 0.3) is 6.08 Å². The topological polar surface area (TPSA) is 50.8 Å². The molecule has 5 nitrogen and oxygen atoms in total. The third kappa shape index (κ3) is 3.81. The maximum absolute atomic E-state index is 12.4. The molecule has 1 aromatic carbocycles. The molecule has 1 aromatic rings. The third-order valence-electron chi connectivity index (χ3n) is 3.27. The van der Waals surface area contributed by atoms with Gasteiger partial charge >= 0.3 is 0 Å². The zero-order valence-electron chi connectivity index (χ0n) is 13.4. The number of carbonyl (C=O) groups excluding carboxylic acids is 1. The predicted molar refractivity (Wildman–Crippen MR) is 98.0 cm³/mol. The number of ether oxygens (including phenoxy) is 2. The van der Waals surface area contributed by atoms with Gasteiger partial charge in [0.1, 0.15) is 12.3 Å². The quantitative estimate of drug-likeness (QED) is 0.478. The highest BCUT2D eigenvalue weighted by Crippen LogP contribution is 2.37. The van der Waals surface area contributed by atoms with Gasteiger partial charge in [-0.25, -0.2) is 0 Å². The van der Waals surface area contributed by atoms with Crippen LogP contribution in [-0.4, -0.2) is 36.2 Å². The third-order valence-corrected chi connectivity index (χ3v) is 3.88. The monoisotopic (exact) mass is 364 g/mol. The molecule has 1 amide bonds. The first-order valence-corrected chi connectivity index (χ1v) is 8.08. The minimum atomic E-state index is -0.162. The Balaban J connectivity index is 2.33. The number of rotatable bonds is 6. The van der Waals surface area contributed by atoms with Crippen LogP contribution >= 0.6 is 23.8 Å². The average Bonchev–Trinajstić information content (AvgIpc) is 2.81. The number of amides is 1. The van der Waals surface area contributed by atoms with E-state index in [0.717, 1.165) is 6.42 Å². The number of methoxy groups -OCH3 is 1. The summed E-state index contributed by atoms with van der Waals surface area (Å²) < 4.78 is 10.7. The summed E-state index contributed by atoms with van der Waals surface area (Å²) in [6.45, 7) is 2.64. The van der Waals surface area contributed by atoms with Gasteiger partial charge in [0.2, 0.25) is 0 Å². The van der Waals surface area contributed by atoms with Crippen molar-refractivity contribution in [1.82, 2.24) is 10.2 Å². The fourth-order valence-electron chi connectivity index (χ4n) is 2.24. The second kappa shape index (κ2) is 8.04. The minimum absolute atomic E-state index is 0.0802. The molecule has 7 heteroatoms. The van der Waals surface area contributed by atoms with Gasteiger partial charge in [0.15, 0.2) is 16.6 Å². The van der Waals surface area contributed by atoms with Gasteiger partial charge in [-0.1, -0.05) is 24.4 Å². The second-order valence-corrected chi connectivity index (χ2v) is 5.77. The van der Waals surface area contributed by atoms with Gasteiger partial charge in [-0.3, -0.25) is 9.69 Å². The molecular formula is C17H17ClN2O3S. The van der Waals surface area contributed by atoms with Gasteiger partial charge < -0.3 is 14.8 Å². The molecular weight excluding hydrogens is 348 g/mol. The van der Waals surface area contributed by atoms with Crippen LogP contribution in [0.15, 0.2) is 17.8 Å². The number of carbonyl (C=O) groups is 1. The molecule has 0 aromatic heterocycles. The van der Waals surface area contributed by atoms with E-state index in [0.29, 0.717) is 39.4 Å². The van der Waals surface area contributed by atoms with Gasteiger partial charge in [0.25, 0.3) is 5.91 Å². The van der Waals surface area contributed by atoms with Gasteiger partial charge in [-0.05, 0) is 42.4 Å². The lowest BCUT2D eigenvalue weighted by molar-refractivity contribution is -0.122. The lowest BCUT2D eigenvalue weighted by atomic mass is 10.1. The Morgan fingerprint density at radius 3 is 2.88 bits per heavy atom. The predicted octanol–water partition coefficient (Wildman–Crippen LogP) is 2.83. The van der Waals surface area contributed by atoms with Crippen molar-refractivity contribution in [2.45, 2.75) is 13.3 Å². The van der Waals surface area contributed by atoms with Crippen molar-refractivity contribution < 1.29 is 14.3 Å². The van der Waals surface area contributed by atoms with Crippen LogP contribution in [0.3, 0.4) is 0 Å². The number of hydrogen-bond donors (Lipinski definition) is 1. The maximum atomic E-state index is 12.4. The van der Waals surface area contributed by atoms with E-state index in [9.17, 15) is 4.79 Å².